The largest absolute Gasteiger partial charge is 0.458 e. The molecule has 0 atom stereocenters. The van der Waals surface area contributed by atoms with Crippen molar-refractivity contribution < 1.29 is 4.42 Å². The molecule has 19 heavy (non-hydrogen) atoms. The van der Waals surface area contributed by atoms with E-state index in [1.807, 2.05) is 24.4 Å². The molecule has 0 amide bonds. The third-order valence-electron chi connectivity index (χ3n) is 2.36. The number of nitrogens with two attached hydrogens (primary N) is 2. The molecule has 0 spiro atoms. The van der Waals surface area contributed by atoms with Gasteiger partial charge in [0.05, 0.1) is 6.54 Å². The van der Waals surface area contributed by atoms with E-state index in [1.165, 1.54) is 11.3 Å². The zero-order valence-electron chi connectivity index (χ0n) is 10.7. The highest BCUT2D eigenvalue weighted by Gasteiger charge is 2.09. The van der Waals surface area contributed by atoms with Gasteiger partial charge in [0.2, 0.25) is 0 Å². The molecular formula is C12H17N5OS. The molecule has 0 saturated heterocycles. The maximum absolute atomic E-state index is 5.73. The summed E-state index contributed by atoms with van der Waals surface area (Å²) in [5.41, 5.74) is 12.0. The average Bonchev–Trinajstić information content (AvgIpc) is 3.04. The van der Waals surface area contributed by atoms with E-state index < -0.39 is 0 Å². The first-order chi connectivity index (χ1) is 9.22. The van der Waals surface area contributed by atoms with Crippen molar-refractivity contribution in [3.8, 4) is 11.5 Å². The summed E-state index contributed by atoms with van der Waals surface area (Å²) in [6.45, 7) is 3.13. The van der Waals surface area contributed by atoms with Crippen LogP contribution >= 0.6 is 11.3 Å². The van der Waals surface area contributed by atoms with Crippen molar-refractivity contribution in [2.75, 3.05) is 11.9 Å². The predicted octanol–water partition coefficient (Wildman–Crippen LogP) is 2.00. The molecule has 102 valence electrons. The number of nitrogens with zero attached hydrogens (tertiary/aromatic N) is 2. The predicted molar refractivity (Wildman–Crippen MR) is 78.1 cm³/mol. The molecule has 6 nitrogen and oxygen atoms in total. The standard InChI is InChI=1S/C12H17N5OS/c1-2-5-15-11(14)17-12-16-9(7-19-12)10-4-3-8(6-13)18-10/h3-4,7H,2,5-6,13H2,1H3,(H3,14,15,16,17). The van der Waals surface area contributed by atoms with Crippen molar-refractivity contribution in [3.05, 3.63) is 23.3 Å². The number of aliphatic imine (C=N–C) groups is 1. The Balaban J connectivity index is 2.06. The molecule has 0 fully saturated rings. The summed E-state index contributed by atoms with van der Waals surface area (Å²) in [5, 5.41) is 5.55. The van der Waals surface area contributed by atoms with E-state index >= 15 is 0 Å². The number of guanidine groups is 1. The molecule has 2 aromatic rings. The Morgan fingerprint density at radius 1 is 1.53 bits per heavy atom. The number of thiazole rings is 1. The quantitative estimate of drug-likeness (QED) is 0.574. The summed E-state index contributed by atoms with van der Waals surface area (Å²) in [6, 6.07) is 3.70. The van der Waals surface area contributed by atoms with Crippen LogP contribution in [0.1, 0.15) is 19.1 Å². The Hall–Kier alpha value is -1.86. The normalized spacial score (nSPS) is 11.8. The van der Waals surface area contributed by atoms with Gasteiger partial charge in [-0.25, -0.2) is 4.98 Å². The SMILES string of the molecule is CCCN=C(N)Nc1nc(-c2ccc(CN)o2)cs1. The van der Waals surface area contributed by atoms with Crippen LogP contribution in [0.2, 0.25) is 0 Å². The lowest BCUT2D eigenvalue weighted by Gasteiger charge is -2.00. The molecule has 0 aromatic carbocycles. The van der Waals surface area contributed by atoms with Crippen molar-refractivity contribution >= 4 is 22.4 Å². The zero-order chi connectivity index (χ0) is 13.7. The van der Waals surface area contributed by atoms with E-state index in [9.17, 15) is 0 Å². The minimum absolute atomic E-state index is 0.379. The second-order valence-electron chi connectivity index (χ2n) is 3.90. The van der Waals surface area contributed by atoms with Gasteiger partial charge in [0, 0.05) is 11.9 Å². The molecule has 2 aromatic heterocycles. The number of rotatable bonds is 5. The number of furan rings is 1. The molecule has 0 aliphatic heterocycles. The number of anilines is 1. The average molecular weight is 279 g/mol. The summed E-state index contributed by atoms with van der Waals surface area (Å²) in [6.07, 6.45) is 0.958. The molecule has 0 saturated carbocycles. The lowest BCUT2D eigenvalue weighted by molar-refractivity contribution is 0.524. The van der Waals surface area contributed by atoms with Gasteiger partial charge in [-0.1, -0.05) is 6.92 Å². The molecule has 0 aliphatic carbocycles. The van der Waals surface area contributed by atoms with Crippen molar-refractivity contribution in [2.45, 2.75) is 19.9 Å². The maximum Gasteiger partial charge on any atom is 0.194 e. The highest BCUT2D eigenvalue weighted by atomic mass is 32.1. The van der Waals surface area contributed by atoms with Gasteiger partial charge in [-0.05, 0) is 18.6 Å². The fourth-order valence-corrected chi connectivity index (χ4v) is 2.16. The van der Waals surface area contributed by atoms with Gasteiger partial charge in [0.15, 0.2) is 16.9 Å². The fourth-order valence-electron chi connectivity index (χ4n) is 1.45. The molecule has 7 heteroatoms. The monoisotopic (exact) mass is 279 g/mol. The molecule has 2 rings (SSSR count). The molecule has 5 N–H and O–H groups in total. The number of hydrogen-bond donors (Lipinski definition) is 3. The Bertz CT molecular complexity index is 560. The molecular weight excluding hydrogens is 262 g/mol. The summed E-state index contributed by atoms with van der Waals surface area (Å²) in [4.78, 5) is 8.54. The molecule has 0 aliphatic rings. The summed E-state index contributed by atoms with van der Waals surface area (Å²) >= 11 is 1.45. The van der Waals surface area contributed by atoms with Crippen LogP contribution in [0, 0.1) is 0 Å². The van der Waals surface area contributed by atoms with Crippen LogP contribution in [0.3, 0.4) is 0 Å². The van der Waals surface area contributed by atoms with E-state index in [-0.39, 0.29) is 0 Å². The third kappa shape index (κ3) is 3.55. The second kappa shape index (κ2) is 6.35. The Labute approximate surface area is 115 Å². The second-order valence-corrected chi connectivity index (χ2v) is 4.76. The van der Waals surface area contributed by atoms with Gasteiger partial charge in [0.25, 0.3) is 0 Å². The van der Waals surface area contributed by atoms with Crippen molar-refractivity contribution in [2.24, 2.45) is 16.5 Å². The summed E-state index contributed by atoms with van der Waals surface area (Å²) in [7, 11) is 0. The minimum atomic E-state index is 0.379. The highest BCUT2D eigenvalue weighted by molar-refractivity contribution is 7.14. The van der Waals surface area contributed by atoms with Crippen LogP contribution in [0.5, 0.6) is 0 Å². The van der Waals surface area contributed by atoms with Crippen LogP contribution in [-0.2, 0) is 6.54 Å². The van der Waals surface area contributed by atoms with Crippen LogP contribution in [0.25, 0.3) is 11.5 Å². The van der Waals surface area contributed by atoms with Gasteiger partial charge in [-0.2, -0.15) is 0 Å². The van der Waals surface area contributed by atoms with Crippen LogP contribution < -0.4 is 16.8 Å². The first-order valence-corrected chi connectivity index (χ1v) is 6.92. The van der Waals surface area contributed by atoms with E-state index in [4.69, 9.17) is 15.9 Å². The van der Waals surface area contributed by atoms with Crippen molar-refractivity contribution in [1.29, 1.82) is 0 Å². The van der Waals surface area contributed by atoms with Crippen LogP contribution in [0.4, 0.5) is 5.13 Å². The van der Waals surface area contributed by atoms with E-state index in [0.29, 0.717) is 29.9 Å². The summed E-state index contributed by atoms with van der Waals surface area (Å²) in [5.74, 6) is 1.82. The van der Waals surface area contributed by atoms with Gasteiger partial charge < -0.3 is 21.2 Å². The number of hydrogen-bond acceptors (Lipinski definition) is 5. The number of aromatic nitrogens is 1. The van der Waals surface area contributed by atoms with Crippen molar-refractivity contribution in [1.82, 2.24) is 4.98 Å². The van der Waals surface area contributed by atoms with E-state index in [2.05, 4.69) is 15.3 Å². The smallest absolute Gasteiger partial charge is 0.194 e. The molecule has 2 heterocycles. The Morgan fingerprint density at radius 2 is 2.37 bits per heavy atom. The fraction of sp³-hybridized carbons (Fsp3) is 0.333. The summed E-state index contributed by atoms with van der Waals surface area (Å²) < 4.78 is 5.53. The zero-order valence-corrected chi connectivity index (χ0v) is 11.5. The third-order valence-corrected chi connectivity index (χ3v) is 3.12. The topological polar surface area (TPSA) is 102 Å². The van der Waals surface area contributed by atoms with Crippen molar-refractivity contribution in [3.63, 3.8) is 0 Å². The van der Waals surface area contributed by atoms with Gasteiger partial charge in [-0.3, -0.25) is 4.99 Å². The van der Waals surface area contributed by atoms with Gasteiger partial charge >= 0.3 is 0 Å². The number of nitrogens with one attached hydrogen (secondary N) is 1. The minimum Gasteiger partial charge on any atom is -0.458 e. The first-order valence-electron chi connectivity index (χ1n) is 6.04. The molecule has 0 unspecified atom stereocenters. The maximum atomic E-state index is 5.73. The first kappa shape index (κ1) is 13.6. The molecule has 0 radical (unpaired) electrons. The lowest BCUT2D eigenvalue weighted by atomic mass is 10.3. The highest BCUT2D eigenvalue weighted by Crippen LogP contribution is 2.26. The molecule has 0 bridgehead atoms. The van der Waals surface area contributed by atoms with Crippen LogP contribution in [0.15, 0.2) is 26.9 Å². The van der Waals surface area contributed by atoms with Gasteiger partial charge in [0.1, 0.15) is 11.5 Å². The van der Waals surface area contributed by atoms with Crippen LogP contribution in [-0.4, -0.2) is 17.5 Å². The Morgan fingerprint density at radius 3 is 3.05 bits per heavy atom. The van der Waals surface area contributed by atoms with E-state index in [0.717, 1.165) is 17.9 Å². The lowest BCUT2D eigenvalue weighted by Crippen LogP contribution is -2.22. The van der Waals surface area contributed by atoms with E-state index in [1.54, 1.807) is 0 Å². The Kier molecular flexibility index (Phi) is 4.53. The van der Waals surface area contributed by atoms with Gasteiger partial charge in [-0.15, -0.1) is 11.3 Å².